The summed E-state index contributed by atoms with van der Waals surface area (Å²) < 4.78 is 0. The van der Waals surface area contributed by atoms with Crippen molar-refractivity contribution < 1.29 is 4.79 Å². The predicted octanol–water partition coefficient (Wildman–Crippen LogP) is 2.22. The van der Waals surface area contributed by atoms with Crippen molar-refractivity contribution in [1.29, 1.82) is 0 Å². The lowest BCUT2D eigenvalue weighted by molar-refractivity contribution is -0.121. The van der Waals surface area contributed by atoms with Gasteiger partial charge in [-0.15, -0.1) is 0 Å². The van der Waals surface area contributed by atoms with Gasteiger partial charge in [0.1, 0.15) is 0 Å². The lowest BCUT2D eigenvalue weighted by Crippen LogP contribution is -2.28. The Morgan fingerprint density at radius 1 is 1.15 bits per heavy atom. The highest BCUT2D eigenvalue weighted by Gasteiger charge is 2.05. The Balaban J connectivity index is 1.73. The van der Waals surface area contributed by atoms with Gasteiger partial charge in [0.15, 0.2) is 0 Å². The molecule has 2 aromatic rings. The lowest BCUT2D eigenvalue weighted by atomic mass is 10.2. The number of amides is 1. The zero-order chi connectivity index (χ0) is 14.2. The van der Waals surface area contributed by atoms with E-state index >= 15 is 0 Å². The zero-order valence-electron chi connectivity index (χ0n) is 11.6. The molecule has 1 N–H and O–H groups in total. The second-order valence-corrected chi connectivity index (χ2v) is 4.64. The summed E-state index contributed by atoms with van der Waals surface area (Å²) in [7, 11) is 1.99. The smallest absolute Gasteiger partial charge is 0.222 e. The standard InChI is InChI=1S/C16H19N3O/c1-19(15-5-3-2-4-6-15)12-9-16(20)18-13-14-7-10-17-11-8-14/h2-8,10-11H,9,12-13H2,1H3,(H,18,20). The molecular formula is C16H19N3O. The number of aromatic nitrogens is 1. The fourth-order valence-corrected chi connectivity index (χ4v) is 1.87. The molecule has 0 aliphatic rings. The van der Waals surface area contributed by atoms with Gasteiger partial charge in [0.25, 0.3) is 0 Å². The minimum Gasteiger partial charge on any atom is -0.374 e. The van der Waals surface area contributed by atoms with Gasteiger partial charge in [0.2, 0.25) is 5.91 Å². The van der Waals surface area contributed by atoms with Crippen LogP contribution in [0, 0.1) is 0 Å². The molecule has 4 nitrogen and oxygen atoms in total. The summed E-state index contributed by atoms with van der Waals surface area (Å²) in [6, 6.07) is 13.8. The van der Waals surface area contributed by atoms with Crippen molar-refractivity contribution >= 4 is 11.6 Å². The van der Waals surface area contributed by atoms with Crippen LogP contribution in [-0.4, -0.2) is 24.5 Å². The fourth-order valence-electron chi connectivity index (χ4n) is 1.87. The molecule has 0 bridgehead atoms. The van der Waals surface area contributed by atoms with E-state index in [-0.39, 0.29) is 5.91 Å². The van der Waals surface area contributed by atoms with Gasteiger partial charge in [-0.2, -0.15) is 0 Å². The predicted molar refractivity (Wildman–Crippen MR) is 80.4 cm³/mol. The first-order valence-electron chi connectivity index (χ1n) is 6.67. The molecule has 1 amide bonds. The van der Waals surface area contributed by atoms with Crippen molar-refractivity contribution in [3.05, 3.63) is 60.4 Å². The number of hydrogen-bond donors (Lipinski definition) is 1. The summed E-state index contributed by atoms with van der Waals surface area (Å²) in [6.45, 7) is 1.25. The highest BCUT2D eigenvalue weighted by Crippen LogP contribution is 2.10. The number of nitrogens with one attached hydrogen (secondary N) is 1. The Morgan fingerprint density at radius 2 is 1.85 bits per heavy atom. The number of hydrogen-bond acceptors (Lipinski definition) is 3. The van der Waals surface area contributed by atoms with E-state index in [0.717, 1.165) is 11.3 Å². The van der Waals surface area contributed by atoms with Crippen LogP contribution in [0.1, 0.15) is 12.0 Å². The highest BCUT2D eigenvalue weighted by atomic mass is 16.1. The van der Waals surface area contributed by atoms with E-state index in [1.807, 2.05) is 49.5 Å². The Morgan fingerprint density at radius 3 is 2.55 bits per heavy atom. The Kier molecular flexibility index (Phi) is 5.12. The number of carbonyl (C=O) groups excluding carboxylic acids is 1. The largest absolute Gasteiger partial charge is 0.374 e. The minimum absolute atomic E-state index is 0.0598. The average molecular weight is 269 g/mol. The van der Waals surface area contributed by atoms with Gasteiger partial charge in [0, 0.05) is 44.6 Å². The molecule has 0 aliphatic heterocycles. The van der Waals surface area contributed by atoms with Gasteiger partial charge in [-0.05, 0) is 29.8 Å². The molecule has 0 spiro atoms. The van der Waals surface area contributed by atoms with E-state index < -0.39 is 0 Å². The van der Waals surface area contributed by atoms with Gasteiger partial charge in [-0.3, -0.25) is 9.78 Å². The molecule has 1 heterocycles. The van der Waals surface area contributed by atoms with E-state index in [2.05, 4.69) is 15.2 Å². The highest BCUT2D eigenvalue weighted by molar-refractivity contribution is 5.76. The molecule has 0 saturated carbocycles. The third-order valence-electron chi connectivity index (χ3n) is 3.11. The van der Waals surface area contributed by atoms with Crippen LogP contribution in [0.15, 0.2) is 54.9 Å². The van der Waals surface area contributed by atoms with E-state index in [4.69, 9.17) is 0 Å². The van der Waals surface area contributed by atoms with Crippen molar-refractivity contribution in [2.24, 2.45) is 0 Å². The van der Waals surface area contributed by atoms with Crippen LogP contribution in [0.5, 0.6) is 0 Å². The summed E-state index contributed by atoms with van der Waals surface area (Å²) in [6.07, 6.45) is 3.94. The Bertz CT molecular complexity index is 528. The maximum Gasteiger partial charge on any atom is 0.222 e. The van der Waals surface area contributed by atoms with Gasteiger partial charge in [-0.1, -0.05) is 18.2 Å². The summed E-state index contributed by atoms with van der Waals surface area (Å²) >= 11 is 0. The van der Waals surface area contributed by atoms with Crippen molar-refractivity contribution in [2.75, 3.05) is 18.5 Å². The van der Waals surface area contributed by atoms with Crippen LogP contribution in [0.2, 0.25) is 0 Å². The number of anilines is 1. The normalized spacial score (nSPS) is 10.1. The maximum atomic E-state index is 11.8. The van der Waals surface area contributed by atoms with Crippen LogP contribution in [0.3, 0.4) is 0 Å². The molecule has 0 unspecified atom stereocenters. The molecule has 4 heteroatoms. The fraction of sp³-hybridized carbons (Fsp3) is 0.250. The molecule has 0 atom stereocenters. The summed E-state index contributed by atoms with van der Waals surface area (Å²) in [5.74, 6) is 0.0598. The minimum atomic E-state index is 0.0598. The van der Waals surface area contributed by atoms with E-state index in [1.54, 1.807) is 12.4 Å². The van der Waals surface area contributed by atoms with Gasteiger partial charge in [-0.25, -0.2) is 0 Å². The van der Waals surface area contributed by atoms with E-state index in [0.29, 0.717) is 19.5 Å². The second kappa shape index (κ2) is 7.28. The zero-order valence-corrected chi connectivity index (χ0v) is 11.6. The molecular weight excluding hydrogens is 250 g/mol. The molecule has 104 valence electrons. The van der Waals surface area contributed by atoms with Gasteiger partial charge in [0.05, 0.1) is 0 Å². The molecule has 0 aliphatic carbocycles. The Hall–Kier alpha value is -2.36. The van der Waals surface area contributed by atoms with E-state index in [1.165, 1.54) is 0 Å². The summed E-state index contributed by atoms with van der Waals surface area (Å²) in [5, 5.41) is 2.91. The first-order valence-corrected chi connectivity index (χ1v) is 6.67. The van der Waals surface area contributed by atoms with Crippen molar-refractivity contribution in [1.82, 2.24) is 10.3 Å². The average Bonchev–Trinajstić information content (AvgIpc) is 2.52. The van der Waals surface area contributed by atoms with E-state index in [9.17, 15) is 4.79 Å². The monoisotopic (exact) mass is 269 g/mol. The lowest BCUT2D eigenvalue weighted by Gasteiger charge is -2.18. The number of nitrogens with zero attached hydrogens (tertiary/aromatic N) is 2. The SMILES string of the molecule is CN(CCC(=O)NCc1ccncc1)c1ccccc1. The van der Waals surface area contributed by atoms with Gasteiger partial charge >= 0.3 is 0 Å². The topological polar surface area (TPSA) is 45.2 Å². The third kappa shape index (κ3) is 4.39. The van der Waals surface area contributed by atoms with Crippen molar-refractivity contribution in [3.63, 3.8) is 0 Å². The Labute approximate surface area is 119 Å². The number of rotatable bonds is 6. The quantitative estimate of drug-likeness (QED) is 0.874. The van der Waals surface area contributed by atoms with Crippen LogP contribution in [0.4, 0.5) is 5.69 Å². The first-order chi connectivity index (χ1) is 9.75. The van der Waals surface area contributed by atoms with Crippen LogP contribution in [-0.2, 0) is 11.3 Å². The number of pyridine rings is 1. The number of para-hydroxylation sites is 1. The molecule has 0 fully saturated rings. The molecule has 1 aromatic heterocycles. The summed E-state index contributed by atoms with van der Waals surface area (Å²) in [4.78, 5) is 17.8. The van der Waals surface area contributed by atoms with Crippen molar-refractivity contribution in [3.8, 4) is 0 Å². The van der Waals surface area contributed by atoms with Crippen LogP contribution in [0.25, 0.3) is 0 Å². The second-order valence-electron chi connectivity index (χ2n) is 4.64. The number of benzene rings is 1. The first kappa shape index (κ1) is 14.1. The van der Waals surface area contributed by atoms with Crippen molar-refractivity contribution in [2.45, 2.75) is 13.0 Å². The molecule has 2 rings (SSSR count). The van der Waals surface area contributed by atoms with Crippen LogP contribution < -0.4 is 10.2 Å². The maximum absolute atomic E-state index is 11.8. The molecule has 0 saturated heterocycles. The molecule has 1 aromatic carbocycles. The molecule has 0 radical (unpaired) electrons. The third-order valence-corrected chi connectivity index (χ3v) is 3.11. The molecule has 20 heavy (non-hydrogen) atoms. The van der Waals surface area contributed by atoms with Crippen LogP contribution >= 0.6 is 0 Å². The number of carbonyl (C=O) groups is 1. The summed E-state index contributed by atoms with van der Waals surface area (Å²) in [5.41, 5.74) is 2.18. The van der Waals surface area contributed by atoms with Gasteiger partial charge < -0.3 is 10.2 Å².